The van der Waals surface area contributed by atoms with Gasteiger partial charge < -0.3 is 15.7 Å². The summed E-state index contributed by atoms with van der Waals surface area (Å²) in [6.07, 6.45) is 3.13. The van der Waals surface area contributed by atoms with Gasteiger partial charge >= 0.3 is 6.03 Å². The molecule has 2 aromatic heterocycles. The zero-order chi connectivity index (χ0) is 17.4. The van der Waals surface area contributed by atoms with Crippen molar-refractivity contribution in [3.05, 3.63) is 46.2 Å². The first-order valence-electron chi connectivity index (χ1n) is 8.09. The van der Waals surface area contributed by atoms with Crippen LogP contribution in [0, 0.1) is 12.8 Å². The van der Waals surface area contributed by atoms with Crippen LogP contribution in [0.3, 0.4) is 0 Å². The van der Waals surface area contributed by atoms with Crippen molar-refractivity contribution in [3.8, 4) is 0 Å². The van der Waals surface area contributed by atoms with Gasteiger partial charge in [-0.3, -0.25) is 4.98 Å². The summed E-state index contributed by atoms with van der Waals surface area (Å²) in [5.41, 5.74) is 1.87. The van der Waals surface area contributed by atoms with Crippen molar-refractivity contribution >= 4 is 17.4 Å². The molecule has 2 unspecified atom stereocenters. The van der Waals surface area contributed by atoms with Crippen molar-refractivity contribution in [1.29, 1.82) is 0 Å². The van der Waals surface area contributed by atoms with Crippen LogP contribution in [0.2, 0.25) is 0 Å². The molecule has 130 valence electrons. The fourth-order valence-corrected chi connectivity index (χ4v) is 3.26. The van der Waals surface area contributed by atoms with Crippen LogP contribution in [0.1, 0.15) is 35.8 Å². The summed E-state index contributed by atoms with van der Waals surface area (Å²) in [6.45, 7) is 4.35. The number of aryl methyl sites for hydroxylation is 1. The first-order chi connectivity index (χ1) is 11.6. The van der Waals surface area contributed by atoms with E-state index in [2.05, 4.69) is 20.6 Å². The lowest BCUT2D eigenvalue weighted by molar-refractivity contribution is 0.212. The van der Waals surface area contributed by atoms with Gasteiger partial charge in [-0.05, 0) is 31.9 Å². The third-order valence-electron chi connectivity index (χ3n) is 3.68. The molecule has 0 bridgehead atoms. The fourth-order valence-electron chi connectivity index (χ4n) is 2.33. The molecule has 6 nitrogen and oxygen atoms in total. The molecule has 2 heterocycles. The number of rotatable bonds is 8. The van der Waals surface area contributed by atoms with Gasteiger partial charge in [0.2, 0.25) is 0 Å². The summed E-state index contributed by atoms with van der Waals surface area (Å²) in [5, 5.41) is 18.2. The molecule has 0 aromatic carbocycles. The maximum atomic E-state index is 12.1. The number of aliphatic hydroxyl groups excluding tert-OH is 1. The van der Waals surface area contributed by atoms with Gasteiger partial charge in [0.1, 0.15) is 5.01 Å². The minimum Gasteiger partial charge on any atom is -0.396 e. The number of aromatic nitrogens is 2. The van der Waals surface area contributed by atoms with Crippen LogP contribution < -0.4 is 10.6 Å². The van der Waals surface area contributed by atoms with E-state index in [0.717, 1.165) is 22.8 Å². The van der Waals surface area contributed by atoms with Gasteiger partial charge in [-0.1, -0.05) is 13.0 Å². The van der Waals surface area contributed by atoms with E-state index < -0.39 is 0 Å². The molecule has 0 aliphatic carbocycles. The lowest BCUT2D eigenvalue weighted by atomic mass is 10.0. The van der Waals surface area contributed by atoms with Crippen molar-refractivity contribution < 1.29 is 9.90 Å². The Bertz CT molecular complexity index is 633. The average molecular weight is 348 g/mol. The van der Waals surface area contributed by atoms with E-state index in [9.17, 15) is 9.90 Å². The molecule has 0 saturated carbocycles. The van der Waals surface area contributed by atoms with E-state index >= 15 is 0 Å². The largest absolute Gasteiger partial charge is 0.396 e. The molecule has 2 rings (SSSR count). The zero-order valence-corrected chi connectivity index (χ0v) is 14.8. The molecule has 2 amide bonds. The van der Waals surface area contributed by atoms with E-state index in [4.69, 9.17) is 0 Å². The molecule has 0 radical (unpaired) electrons. The number of carbonyl (C=O) groups is 1. The second-order valence-electron chi connectivity index (χ2n) is 5.72. The molecular formula is C17H24N4O2S. The highest BCUT2D eigenvalue weighted by molar-refractivity contribution is 7.09. The number of thiazole rings is 1. The van der Waals surface area contributed by atoms with Crippen molar-refractivity contribution in [1.82, 2.24) is 20.6 Å². The van der Waals surface area contributed by atoms with E-state index in [0.29, 0.717) is 13.0 Å². The van der Waals surface area contributed by atoms with Crippen LogP contribution >= 0.6 is 11.3 Å². The summed E-state index contributed by atoms with van der Waals surface area (Å²) in [4.78, 5) is 20.8. The number of nitrogens with one attached hydrogen (secondary N) is 2. The standard InChI is InChI=1S/C17H24N4O2S/c1-3-15(16-20-12(2)11-24-16)21-17(23)19-9-13(10-22)8-14-6-4-5-7-18-14/h4-7,11,13,15,22H,3,8-10H2,1-2H3,(H2,19,21,23). The monoisotopic (exact) mass is 348 g/mol. The number of carbonyl (C=O) groups excluding carboxylic acids is 1. The number of nitrogens with zero attached hydrogens (tertiary/aromatic N) is 2. The second-order valence-corrected chi connectivity index (χ2v) is 6.61. The van der Waals surface area contributed by atoms with Gasteiger partial charge in [0.15, 0.2) is 0 Å². The molecule has 2 atom stereocenters. The Labute approximate surface area is 146 Å². The predicted molar refractivity (Wildman–Crippen MR) is 94.9 cm³/mol. The van der Waals surface area contributed by atoms with Gasteiger partial charge in [-0.25, -0.2) is 9.78 Å². The van der Waals surface area contributed by atoms with Crippen molar-refractivity contribution in [2.45, 2.75) is 32.7 Å². The van der Waals surface area contributed by atoms with Crippen molar-refractivity contribution in [3.63, 3.8) is 0 Å². The number of hydrogen-bond donors (Lipinski definition) is 3. The average Bonchev–Trinajstić information content (AvgIpc) is 3.03. The molecule has 0 aliphatic rings. The van der Waals surface area contributed by atoms with Gasteiger partial charge in [-0.2, -0.15) is 0 Å². The zero-order valence-electron chi connectivity index (χ0n) is 14.0. The maximum Gasteiger partial charge on any atom is 0.315 e. The molecule has 0 aliphatic heterocycles. The highest BCUT2D eigenvalue weighted by Gasteiger charge is 2.17. The van der Waals surface area contributed by atoms with Crippen LogP contribution in [0.4, 0.5) is 4.79 Å². The Morgan fingerprint density at radius 1 is 1.42 bits per heavy atom. The molecule has 0 spiro atoms. The lowest BCUT2D eigenvalue weighted by Crippen LogP contribution is -2.41. The second kappa shape index (κ2) is 9.34. The Balaban J connectivity index is 1.82. The molecule has 0 saturated heterocycles. The topological polar surface area (TPSA) is 87.1 Å². The van der Waals surface area contributed by atoms with Gasteiger partial charge in [0, 0.05) is 42.0 Å². The number of pyridine rings is 1. The summed E-state index contributed by atoms with van der Waals surface area (Å²) in [7, 11) is 0. The van der Waals surface area contributed by atoms with Crippen LogP contribution in [-0.4, -0.2) is 34.3 Å². The Morgan fingerprint density at radius 2 is 2.25 bits per heavy atom. The fraction of sp³-hybridized carbons (Fsp3) is 0.471. The van der Waals surface area contributed by atoms with Crippen LogP contribution in [0.25, 0.3) is 0 Å². The van der Waals surface area contributed by atoms with E-state index in [1.807, 2.05) is 37.4 Å². The van der Waals surface area contributed by atoms with Crippen LogP contribution in [0.15, 0.2) is 29.8 Å². The van der Waals surface area contributed by atoms with E-state index in [1.54, 1.807) is 17.5 Å². The summed E-state index contributed by atoms with van der Waals surface area (Å²) < 4.78 is 0. The summed E-state index contributed by atoms with van der Waals surface area (Å²) in [5.74, 6) is -0.0622. The Morgan fingerprint density at radius 3 is 2.83 bits per heavy atom. The first-order valence-corrected chi connectivity index (χ1v) is 8.97. The van der Waals surface area contributed by atoms with E-state index in [-0.39, 0.29) is 24.6 Å². The van der Waals surface area contributed by atoms with Crippen molar-refractivity contribution in [2.24, 2.45) is 5.92 Å². The highest BCUT2D eigenvalue weighted by Crippen LogP contribution is 2.20. The maximum absolute atomic E-state index is 12.1. The predicted octanol–water partition coefficient (Wildman–Crippen LogP) is 2.45. The quantitative estimate of drug-likeness (QED) is 0.684. The minimum atomic E-state index is -0.242. The number of aliphatic hydroxyl groups is 1. The number of amides is 2. The molecule has 3 N–H and O–H groups in total. The van der Waals surface area contributed by atoms with Gasteiger partial charge in [0.05, 0.1) is 6.04 Å². The van der Waals surface area contributed by atoms with Crippen LogP contribution in [0.5, 0.6) is 0 Å². The molecule has 24 heavy (non-hydrogen) atoms. The minimum absolute atomic E-state index is 0.000262. The van der Waals surface area contributed by atoms with E-state index in [1.165, 1.54) is 0 Å². The molecule has 0 fully saturated rings. The summed E-state index contributed by atoms with van der Waals surface area (Å²) in [6, 6.07) is 5.36. The van der Waals surface area contributed by atoms with Crippen LogP contribution in [-0.2, 0) is 6.42 Å². The smallest absolute Gasteiger partial charge is 0.315 e. The Kier molecular flexibility index (Phi) is 7.14. The van der Waals surface area contributed by atoms with Gasteiger partial charge in [0.25, 0.3) is 0 Å². The number of hydrogen-bond acceptors (Lipinski definition) is 5. The Hall–Kier alpha value is -1.99. The normalized spacial score (nSPS) is 13.3. The molecule has 2 aromatic rings. The summed E-state index contributed by atoms with van der Waals surface area (Å²) >= 11 is 1.55. The third kappa shape index (κ3) is 5.58. The van der Waals surface area contributed by atoms with Gasteiger partial charge in [-0.15, -0.1) is 11.3 Å². The third-order valence-corrected chi connectivity index (χ3v) is 4.76. The first kappa shape index (κ1) is 18.4. The lowest BCUT2D eigenvalue weighted by Gasteiger charge is -2.18. The van der Waals surface area contributed by atoms with Crippen molar-refractivity contribution in [2.75, 3.05) is 13.2 Å². The molecular weight excluding hydrogens is 324 g/mol. The highest BCUT2D eigenvalue weighted by atomic mass is 32.1. The molecule has 7 heteroatoms. The number of urea groups is 1. The SMILES string of the molecule is CCC(NC(=O)NCC(CO)Cc1ccccn1)c1nc(C)cs1.